The number of nitrogens with one attached hydrogen (secondary N) is 1. The summed E-state index contributed by atoms with van der Waals surface area (Å²) in [5, 5.41) is 4.08. The maximum Gasteiger partial charge on any atom is 0.417 e. The largest absolute Gasteiger partial charge is 0.483 e. The van der Waals surface area contributed by atoms with E-state index in [-0.39, 0.29) is 12.2 Å². The predicted octanol–water partition coefficient (Wildman–Crippen LogP) is 4.20. The molecule has 2 aromatic rings. The summed E-state index contributed by atoms with van der Waals surface area (Å²) >= 11 is 5.82. The Morgan fingerprint density at radius 2 is 2.00 bits per heavy atom. The Balaban J connectivity index is 1.93. The van der Waals surface area contributed by atoms with Crippen LogP contribution in [0.25, 0.3) is 0 Å². The van der Waals surface area contributed by atoms with Gasteiger partial charge in [-0.2, -0.15) is 18.3 Å². The Labute approximate surface area is 147 Å². The number of alkyl halides is 3. The van der Waals surface area contributed by atoms with E-state index >= 15 is 0 Å². The molecule has 0 aromatic heterocycles. The monoisotopic (exact) mass is 370 g/mol. The van der Waals surface area contributed by atoms with E-state index in [0.717, 1.165) is 17.8 Å². The van der Waals surface area contributed by atoms with Crippen molar-refractivity contribution in [2.24, 2.45) is 5.10 Å². The number of halogens is 4. The van der Waals surface area contributed by atoms with Crippen molar-refractivity contribution in [1.82, 2.24) is 5.43 Å². The molecule has 0 unspecified atom stereocenters. The van der Waals surface area contributed by atoms with Crippen LogP contribution in [0.1, 0.15) is 16.7 Å². The molecule has 0 aliphatic heterocycles. The van der Waals surface area contributed by atoms with Gasteiger partial charge in [-0.05, 0) is 36.8 Å². The van der Waals surface area contributed by atoms with Crippen molar-refractivity contribution < 1.29 is 22.7 Å². The molecule has 0 heterocycles. The first kappa shape index (κ1) is 18.8. The van der Waals surface area contributed by atoms with Crippen LogP contribution in [0, 0.1) is 6.92 Å². The number of hydrogen-bond acceptors (Lipinski definition) is 3. The maximum absolute atomic E-state index is 12.8. The average molecular weight is 371 g/mol. The van der Waals surface area contributed by atoms with Gasteiger partial charge < -0.3 is 4.74 Å². The van der Waals surface area contributed by atoms with Gasteiger partial charge in [0.05, 0.1) is 11.8 Å². The van der Waals surface area contributed by atoms with Crippen LogP contribution in [-0.2, 0) is 11.0 Å². The fourth-order valence-corrected chi connectivity index (χ4v) is 2.22. The summed E-state index contributed by atoms with van der Waals surface area (Å²) in [5.74, 6) is -0.124. The average Bonchev–Trinajstić information content (AvgIpc) is 2.53. The lowest BCUT2D eigenvalue weighted by atomic mass is 10.1. The normalized spacial score (nSPS) is 11.6. The second kappa shape index (κ2) is 8.02. The number of aryl methyl sites for hydroxylation is 1. The summed E-state index contributed by atoms with van der Waals surface area (Å²) in [6.07, 6.45) is -3.56. The van der Waals surface area contributed by atoms with Gasteiger partial charge in [0.25, 0.3) is 5.91 Å². The molecule has 2 aromatic carbocycles. The highest BCUT2D eigenvalue weighted by molar-refractivity contribution is 6.30. The van der Waals surface area contributed by atoms with E-state index in [4.69, 9.17) is 16.3 Å². The molecule has 0 saturated heterocycles. The van der Waals surface area contributed by atoms with Gasteiger partial charge in [0, 0.05) is 10.6 Å². The van der Waals surface area contributed by atoms with Gasteiger partial charge in [0.2, 0.25) is 0 Å². The molecule has 2 rings (SSSR count). The van der Waals surface area contributed by atoms with E-state index in [9.17, 15) is 18.0 Å². The molecule has 1 amide bonds. The van der Waals surface area contributed by atoms with Crippen LogP contribution in [0.2, 0.25) is 5.02 Å². The molecule has 0 aliphatic rings. The SMILES string of the molecule is Cc1cc(Cl)ccc1OCC(=O)NN=Cc1ccccc1C(F)(F)F. The van der Waals surface area contributed by atoms with Crippen molar-refractivity contribution in [3.8, 4) is 5.75 Å². The van der Waals surface area contributed by atoms with Crippen molar-refractivity contribution in [3.05, 3.63) is 64.2 Å². The minimum Gasteiger partial charge on any atom is -0.483 e. The van der Waals surface area contributed by atoms with Crippen LogP contribution in [0.4, 0.5) is 13.2 Å². The van der Waals surface area contributed by atoms with Crippen molar-refractivity contribution in [2.45, 2.75) is 13.1 Å². The first-order chi connectivity index (χ1) is 11.8. The number of benzene rings is 2. The van der Waals surface area contributed by atoms with Crippen molar-refractivity contribution in [2.75, 3.05) is 6.61 Å². The standard InChI is InChI=1S/C17H14ClF3N2O2/c1-11-8-13(18)6-7-15(11)25-10-16(24)23-22-9-12-4-2-3-5-14(12)17(19,20)21/h2-9H,10H2,1H3,(H,23,24). The molecule has 0 aliphatic carbocycles. The Kier molecular flexibility index (Phi) is 6.03. The molecule has 0 radical (unpaired) electrons. The van der Waals surface area contributed by atoms with E-state index in [1.165, 1.54) is 18.2 Å². The number of hydrazone groups is 1. The minimum absolute atomic E-state index is 0.148. The first-order valence-corrected chi connectivity index (χ1v) is 7.52. The zero-order chi connectivity index (χ0) is 18.4. The fourth-order valence-electron chi connectivity index (χ4n) is 1.99. The van der Waals surface area contributed by atoms with Crippen LogP contribution in [0.15, 0.2) is 47.6 Å². The fraction of sp³-hybridized carbons (Fsp3) is 0.176. The number of carbonyl (C=O) groups excluding carboxylic acids is 1. The topological polar surface area (TPSA) is 50.7 Å². The van der Waals surface area contributed by atoms with Gasteiger partial charge in [-0.25, -0.2) is 5.43 Å². The van der Waals surface area contributed by atoms with Gasteiger partial charge in [-0.15, -0.1) is 0 Å². The Hall–Kier alpha value is -2.54. The third-order valence-electron chi connectivity index (χ3n) is 3.15. The van der Waals surface area contributed by atoms with Crippen LogP contribution in [0.3, 0.4) is 0 Å². The Morgan fingerprint density at radius 1 is 1.28 bits per heavy atom. The third-order valence-corrected chi connectivity index (χ3v) is 3.39. The number of ether oxygens (including phenoxy) is 1. The van der Waals surface area contributed by atoms with Crippen molar-refractivity contribution >= 4 is 23.7 Å². The lowest BCUT2D eigenvalue weighted by Crippen LogP contribution is -2.25. The summed E-state index contributed by atoms with van der Waals surface area (Å²) in [6.45, 7) is 1.44. The lowest BCUT2D eigenvalue weighted by molar-refractivity contribution is -0.137. The van der Waals surface area contributed by atoms with Gasteiger partial charge >= 0.3 is 6.18 Å². The maximum atomic E-state index is 12.8. The highest BCUT2D eigenvalue weighted by Gasteiger charge is 2.32. The summed E-state index contributed by atoms with van der Waals surface area (Å²) in [5.41, 5.74) is 1.89. The predicted molar refractivity (Wildman–Crippen MR) is 88.9 cm³/mol. The van der Waals surface area contributed by atoms with Crippen LogP contribution < -0.4 is 10.2 Å². The first-order valence-electron chi connectivity index (χ1n) is 7.14. The number of nitrogens with zero attached hydrogens (tertiary/aromatic N) is 1. The van der Waals surface area contributed by atoms with E-state index in [1.54, 1.807) is 25.1 Å². The van der Waals surface area contributed by atoms with Crippen LogP contribution >= 0.6 is 11.6 Å². The molecule has 0 bridgehead atoms. The molecule has 0 atom stereocenters. The van der Waals surface area contributed by atoms with Gasteiger partial charge in [-0.3, -0.25) is 4.79 Å². The summed E-state index contributed by atoms with van der Waals surface area (Å²) in [7, 11) is 0. The van der Waals surface area contributed by atoms with Gasteiger partial charge in [0.1, 0.15) is 5.75 Å². The highest BCUT2D eigenvalue weighted by Crippen LogP contribution is 2.31. The molecular weight excluding hydrogens is 357 g/mol. The minimum atomic E-state index is -4.50. The quantitative estimate of drug-likeness (QED) is 0.633. The number of hydrogen-bond donors (Lipinski definition) is 1. The van der Waals surface area contributed by atoms with E-state index in [2.05, 4.69) is 10.5 Å². The zero-order valence-electron chi connectivity index (χ0n) is 13.1. The van der Waals surface area contributed by atoms with E-state index in [0.29, 0.717) is 10.8 Å². The van der Waals surface area contributed by atoms with Crippen molar-refractivity contribution in [3.63, 3.8) is 0 Å². The Bertz CT molecular complexity index is 792. The molecule has 1 N–H and O–H groups in total. The number of amides is 1. The molecule has 4 nitrogen and oxygen atoms in total. The number of carbonyl (C=O) groups is 1. The second-order valence-corrected chi connectivity index (χ2v) is 5.51. The smallest absolute Gasteiger partial charge is 0.417 e. The summed E-state index contributed by atoms with van der Waals surface area (Å²) in [6, 6.07) is 9.84. The summed E-state index contributed by atoms with van der Waals surface area (Å²) in [4.78, 5) is 11.7. The van der Waals surface area contributed by atoms with E-state index < -0.39 is 17.6 Å². The molecular formula is C17H14ClF3N2O2. The molecule has 0 saturated carbocycles. The van der Waals surface area contributed by atoms with Gasteiger partial charge in [-0.1, -0.05) is 29.8 Å². The van der Waals surface area contributed by atoms with Crippen LogP contribution in [-0.4, -0.2) is 18.7 Å². The molecule has 8 heteroatoms. The molecule has 25 heavy (non-hydrogen) atoms. The molecule has 132 valence electrons. The zero-order valence-corrected chi connectivity index (χ0v) is 13.9. The van der Waals surface area contributed by atoms with Gasteiger partial charge in [0.15, 0.2) is 6.61 Å². The number of rotatable bonds is 5. The highest BCUT2D eigenvalue weighted by atomic mass is 35.5. The Morgan fingerprint density at radius 3 is 2.68 bits per heavy atom. The lowest BCUT2D eigenvalue weighted by Gasteiger charge is -2.09. The van der Waals surface area contributed by atoms with Crippen molar-refractivity contribution in [1.29, 1.82) is 0 Å². The third kappa shape index (κ3) is 5.49. The van der Waals surface area contributed by atoms with E-state index in [1.807, 2.05) is 0 Å². The second-order valence-electron chi connectivity index (χ2n) is 5.08. The van der Waals surface area contributed by atoms with Crippen LogP contribution in [0.5, 0.6) is 5.75 Å². The summed E-state index contributed by atoms with van der Waals surface area (Å²) < 4.78 is 43.8. The molecule has 0 fully saturated rings. The molecule has 0 spiro atoms.